The Morgan fingerprint density at radius 3 is 2.39 bits per heavy atom. The van der Waals surface area contributed by atoms with E-state index in [4.69, 9.17) is 14.6 Å². The van der Waals surface area contributed by atoms with Crippen LogP contribution in [0.25, 0.3) is 0 Å². The number of nitrogens with zero attached hydrogens (tertiary/aromatic N) is 1. The number of benzene rings is 2. The highest BCUT2D eigenvalue weighted by atomic mass is 16.5. The summed E-state index contributed by atoms with van der Waals surface area (Å²) in [4.78, 5) is 36.7. The van der Waals surface area contributed by atoms with Crippen molar-refractivity contribution < 1.29 is 29.0 Å². The third-order valence-corrected chi connectivity index (χ3v) is 3.63. The molecule has 0 atom stereocenters. The molecule has 0 aliphatic rings. The summed E-state index contributed by atoms with van der Waals surface area (Å²) in [6.07, 6.45) is 0. The second kappa shape index (κ2) is 9.96. The summed E-state index contributed by atoms with van der Waals surface area (Å²) in [6.45, 7) is 1.42. The Morgan fingerprint density at radius 2 is 1.75 bits per heavy atom. The van der Waals surface area contributed by atoms with Gasteiger partial charge >= 0.3 is 5.97 Å². The van der Waals surface area contributed by atoms with Crippen molar-refractivity contribution in [1.29, 1.82) is 0 Å². The first-order chi connectivity index (χ1) is 13.4. The zero-order chi connectivity index (χ0) is 20.5. The van der Waals surface area contributed by atoms with Gasteiger partial charge in [-0.25, -0.2) is 4.79 Å². The molecule has 0 fully saturated rings. The molecule has 2 N–H and O–H groups in total. The molecule has 2 aromatic rings. The number of carbonyl (C=O) groups excluding carboxylic acids is 2. The van der Waals surface area contributed by atoms with Crippen LogP contribution in [0, 0.1) is 0 Å². The fourth-order valence-corrected chi connectivity index (χ4v) is 2.40. The number of carboxylic acids is 1. The Labute approximate surface area is 162 Å². The normalized spacial score (nSPS) is 10.1. The van der Waals surface area contributed by atoms with E-state index >= 15 is 0 Å². The molecule has 148 valence electrons. The average Bonchev–Trinajstić information content (AvgIpc) is 2.67. The minimum Gasteiger partial charge on any atom is -0.490 e. The molecule has 0 saturated carbocycles. The molecule has 2 rings (SSSR count). The molecule has 0 aromatic heterocycles. The zero-order valence-electron chi connectivity index (χ0n) is 15.7. The van der Waals surface area contributed by atoms with Gasteiger partial charge in [-0.15, -0.1) is 0 Å². The van der Waals surface area contributed by atoms with Crippen molar-refractivity contribution in [1.82, 2.24) is 4.90 Å². The van der Waals surface area contributed by atoms with E-state index in [0.29, 0.717) is 17.9 Å². The summed E-state index contributed by atoms with van der Waals surface area (Å²) in [6, 6.07) is 13.4. The van der Waals surface area contributed by atoms with Gasteiger partial charge in [-0.1, -0.05) is 18.2 Å². The van der Waals surface area contributed by atoms with Crippen molar-refractivity contribution in [3.8, 4) is 11.5 Å². The van der Waals surface area contributed by atoms with Gasteiger partial charge in [0.1, 0.15) is 0 Å². The van der Waals surface area contributed by atoms with Crippen LogP contribution in [0.15, 0.2) is 48.5 Å². The lowest BCUT2D eigenvalue weighted by molar-refractivity contribution is -0.139. The predicted octanol–water partition coefficient (Wildman–Crippen LogP) is 2.26. The molecule has 28 heavy (non-hydrogen) atoms. The van der Waals surface area contributed by atoms with Gasteiger partial charge in [-0.3, -0.25) is 9.59 Å². The van der Waals surface area contributed by atoms with Crippen molar-refractivity contribution in [2.45, 2.75) is 6.92 Å². The van der Waals surface area contributed by atoms with E-state index in [-0.39, 0.29) is 29.9 Å². The van der Waals surface area contributed by atoms with E-state index in [2.05, 4.69) is 5.32 Å². The van der Waals surface area contributed by atoms with Crippen LogP contribution >= 0.6 is 0 Å². The van der Waals surface area contributed by atoms with Gasteiger partial charge < -0.3 is 24.8 Å². The number of carbonyl (C=O) groups is 3. The van der Waals surface area contributed by atoms with E-state index in [1.807, 2.05) is 6.07 Å². The first-order valence-corrected chi connectivity index (χ1v) is 8.62. The van der Waals surface area contributed by atoms with Gasteiger partial charge in [0.25, 0.3) is 5.91 Å². The average molecular weight is 386 g/mol. The fraction of sp³-hybridized carbons (Fsp3) is 0.250. The van der Waals surface area contributed by atoms with Crippen LogP contribution in [-0.2, 0) is 9.59 Å². The molecular weight excluding hydrogens is 364 g/mol. The molecule has 0 aliphatic carbocycles. The lowest BCUT2D eigenvalue weighted by Gasteiger charge is -2.18. The first-order valence-electron chi connectivity index (χ1n) is 8.62. The lowest BCUT2D eigenvalue weighted by atomic mass is 10.1. The lowest BCUT2D eigenvalue weighted by Crippen LogP contribution is -2.34. The molecular formula is C20H22N2O6. The highest BCUT2D eigenvalue weighted by molar-refractivity contribution is 5.99. The third kappa shape index (κ3) is 6.01. The Hall–Kier alpha value is -3.55. The van der Waals surface area contributed by atoms with E-state index in [1.54, 1.807) is 31.2 Å². The summed E-state index contributed by atoms with van der Waals surface area (Å²) in [5, 5.41) is 11.5. The van der Waals surface area contributed by atoms with Crippen LogP contribution in [0.1, 0.15) is 17.3 Å². The van der Waals surface area contributed by atoms with Crippen molar-refractivity contribution in [3.63, 3.8) is 0 Å². The predicted molar refractivity (Wildman–Crippen MR) is 103 cm³/mol. The Morgan fingerprint density at radius 1 is 1.04 bits per heavy atom. The largest absolute Gasteiger partial charge is 0.490 e. The van der Waals surface area contributed by atoms with E-state index < -0.39 is 12.6 Å². The van der Waals surface area contributed by atoms with Gasteiger partial charge in [-0.2, -0.15) is 0 Å². The minimum atomic E-state index is -1.12. The molecule has 0 bridgehead atoms. The number of ether oxygens (including phenoxy) is 2. The van der Waals surface area contributed by atoms with Crippen LogP contribution in [0.3, 0.4) is 0 Å². The van der Waals surface area contributed by atoms with Gasteiger partial charge in [0.2, 0.25) is 5.91 Å². The van der Waals surface area contributed by atoms with Crippen LogP contribution in [0.4, 0.5) is 5.69 Å². The summed E-state index contributed by atoms with van der Waals surface area (Å²) < 4.78 is 10.6. The molecule has 0 aliphatic heterocycles. The second-order valence-electron chi connectivity index (χ2n) is 5.85. The highest BCUT2D eigenvalue weighted by Gasteiger charge is 2.18. The number of aliphatic carboxylic acids is 1. The van der Waals surface area contributed by atoms with E-state index in [9.17, 15) is 14.4 Å². The van der Waals surface area contributed by atoms with Crippen LogP contribution in [-0.4, -0.2) is 54.6 Å². The number of hydrogen-bond acceptors (Lipinski definition) is 5. The SMILES string of the molecule is CCOc1cc(C(=O)N(C)CC(=O)Nc2ccccc2)ccc1OCC(=O)O. The number of rotatable bonds is 9. The molecule has 2 aromatic carbocycles. The number of anilines is 1. The van der Waals surface area contributed by atoms with Crippen molar-refractivity contribution in [3.05, 3.63) is 54.1 Å². The Bertz CT molecular complexity index is 838. The van der Waals surface area contributed by atoms with Crippen molar-refractivity contribution in [2.24, 2.45) is 0 Å². The van der Waals surface area contributed by atoms with Gasteiger partial charge in [-0.05, 0) is 37.3 Å². The molecule has 8 nitrogen and oxygen atoms in total. The molecule has 0 unspecified atom stereocenters. The highest BCUT2D eigenvalue weighted by Crippen LogP contribution is 2.29. The van der Waals surface area contributed by atoms with E-state index in [1.165, 1.54) is 30.1 Å². The monoisotopic (exact) mass is 386 g/mol. The standard InChI is InChI=1S/C20H22N2O6/c1-3-27-17-11-14(9-10-16(17)28-13-19(24)25)20(26)22(2)12-18(23)21-15-7-5-4-6-8-15/h4-11H,3,12-13H2,1-2H3,(H,21,23)(H,24,25). The molecule has 2 amide bonds. The maximum Gasteiger partial charge on any atom is 0.341 e. The van der Waals surface area contributed by atoms with Crippen LogP contribution in [0.5, 0.6) is 11.5 Å². The van der Waals surface area contributed by atoms with Crippen LogP contribution < -0.4 is 14.8 Å². The van der Waals surface area contributed by atoms with Crippen LogP contribution in [0.2, 0.25) is 0 Å². The molecule has 0 spiro atoms. The fourth-order valence-electron chi connectivity index (χ4n) is 2.40. The topological polar surface area (TPSA) is 105 Å². The van der Waals surface area contributed by atoms with Crippen molar-refractivity contribution in [2.75, 3.05) is 32.1 Å². The van der Waals surface area contributed by atoms with Gasteiger partial charge in [0.05, 0.1) is 13.2 Å². The quantitative estimate of drug-likeness (QED) is 0.685. The third-order valence-electron chi connectivity index (χ3n) is 3.63. The number of nitrogens with one attached hydrogen (secondary N) is 1. The minimum absolute atomic E-state index is 0.130. The van der Waals surface area contributed by atoms with Gasteiger partial charge in [0, 0.05) is 18.3 Å². The summed E-state index contributed by atoms with van der Waals surface area (Å²) in [7, 11) is 1.52. The molecule has 0 radical (unpaired) electrons. The maximum absolute atomic E-state index is 12.6. The van der Waals surface area contributed by atoms with Crippen molar-refractivity contribution >= 4 is 23.5 Å². The van der Waals surface area contributed by atoms with Gasteiger partial charge in [0.15, 0.2) is 18.1 Å². The number of carboxylic acid groups (broad SMARTS) is 1. The Kier molecular flexibility index (Phi) is 7.38. The second-order valence-corrected chi connectivity index (χ2v) is 5.85. The summed E-state index contributed by atoms with van der Waals surface area (Å²) >= 11 is 0. The molecule has 0 saturated heterocycles. The zero-order valence-corrected chi connectivity index (χ0v) is 15.7. The Balaban J connectivity index is 2.05. The smallest absolute Gasteiger partial charge is 0.341 e. The number of hydrogen-bond donors (Lipinski definition) is 2. The maximum atomic E-state index is 12.6. The molecule has 0 heterocycles. The number of amides is 2. The number of para-hydroxylation sites is 1. The summed E-state index contributed by atoms with van der Waals surface area (Å²) in [5.74, 6) is -1.34. The number of likely N-dealkylation sites (N-methyl/N-ethyl adjacent to an activating group) is 1. The van der Waals surface area contributed by atoms with E-state index in [0.717, 1.165) is 0 Å². The first kappa shape index (κ1) is 20.8. The summed E-state index contributed by atoms with van der Waals surface area (Å²) in [5.41, 5.74) is 0.938. The molecule has 8 heteroatoms.